The topological polar surface area (TPSA) is 56.7 Å². The maximum atomic E-state index is 13.1. The summed E-state index contributed by atoms with van der Waals surface area (Å²) in [6.45, 7) is 0.538. The summed E-state index contributed by atoms with van der Waals surface area (Å²) in [5, 5.41) is 4.01. The zero-order valence-electron chi connectivity index (χ0n) is 10.6. The van der Waals surface area contributed by atoms with E-state index in [0.717, 1.165) is 6.07 Å². The molecule has 2 aromatic rings. The Morgan fingerprint density at radius 1 is 1.25 bits per heavy atom. The van der Waals surface area contributed by atoms with Crippen molar-refractivity contribution in [3.63, 3.8) is 0 Å². The van der Waals surface area contributed by atoms with E-state index in [2.05, 4.69) is 10.1 Å². The predicted molar refractivity (Wildman–Crippen MR) is 66.9 cm³/mol. The molecule has 2 heterocycles. The monoisotopic (exact) mass is 282 g/mol. The molecule has 1 aliphatic rings. The maximum Gasteiger partial charge on any atom is 0.416 e. The van der Waals surface area contributed by atoms with E-state index >= 15 is 0 Å². The third kappa shape index (κ3) is 2.23. The summed E-state index contributed by atoms with van der Waals surface area (Å²) in [5.41, 5.74) is 5.28. The Kier molecular flexibility index (Phi) is 2.92. The second-order valence-corrected chi connectivity index (χ2v) is 4.88. The number of benzene rings is 1. The molecule has 0 fully saturated rings. The first-order valence-electron chi connectivity index (χ1n) is 6.30. The van der Waals surface area contributed by atoms with Crippen LogP contribution in [0.4, 0.5) is 19.1 Å². The Bertz CT molecular complexity index is 633. The minimum atomic E-state index is -4.33. The minimum Gasteiger partial charge on any atom is -0.366 e. The molecule has 0 spiro atoms. The van der Waals surface area contributed by atoms with E-state index in [1.807, 2.05) is 0 Å². The summed E-state index contributed by atoms with van der Waals surface area (Å²) >= 11 is 0. The molecule has 0 aliphatic carbocycles. The van der Waals surface area contributed by atoms with Gasteiger partial charge < -0.3 is 5.73 Å². The van der Waals surface area contributed by atoms with Gasteiger partial charge in [0.1, 0.15) is 5.82 Å². The van der Waals surface area contributed by atoms with Gasteiger partial charge in [0.15, 0.2) is 0 Å². The smallest absolute Gasteiger partial charge is 0.366 e. The average Bonchev–Trinajstić information content (AvgIpc) is 2.76. The van der Waals surface area contributed by atoms with Gasteiger partial charge in [-0.2, -0.15) is 18.2 Å². The van der Waals surface area contributed by atoms with Gasteiger partial charge in [-0.1, -0.05) is 18.2 Å². The molecule has 106 valence electrons. The van der Waals surface area contributed by atoms with Crippen molar-refractivity contribution in [3.8, 4) is 0 Å². The predicted octanol–water partition coefficient (Wildman–Crippen LogP) is 2.61. The second kappa shape index (κ2) is 4.50. The number of alkyl halides is 3. The van der Waals surface area contributed by atoms with Crippen LogP contribution in [0.25, 0.3) is 0 Å². The number of fused-ring (bicyclic) bond motifs is 1. The second-order valence-electron chi connectivity index (χ2n) is 4.88. The number of halogens is 3. The van der Waals surface area contributed by atoms with Crippen molar-refractivity contribution < 1.29 is 13.2 Å². The fraction of sp³-hybridized carbons (Fsp3) is 0.385. The molecule has 1 aromatic heterocycles. The fourth-order valence-corrected chi connectivity index (χ4v) is 2.70. The Morgan fingerprint density at radius 3 is 2.75 bits per heavy atom. The van der Waals surface area contributed by atoms with Crippen LogP contribution in [0.5, 0.6) is 0 Å². The third-order valence-electron chi connectivity index (χ3n) is 3.59. The number of aryl methyl sites for hydroxylation is 1. The highest BCUT2D eigenvalue weighted by Crippen LogP contribution is 2.38. The van der Waals surface area contributed by atoms with E-state index < -0.39 is 11.7 Å². The summed E-state index contributed by atoms with van der Waals surface area (Å²) in [6.07, 6.45) is -3.30. The highest BCUT2D eigenvalue weighted by Gasteiger charge is 2.36. The number of aromatic nitrogens is 3. The van der Waals surface area contributed by atoms with E-state index in [4.69, 9.17) is 5.73 Å². The van der Waals surface area contributed by atoms with Crippen LogP contribution in [0.2, 0.25) is 0 Å². The molecule has 0 radical (unpaired) electrons. The molecular formula is C13H13F3N4. The molecule has 1 aliphatic heterocycles. The number of nitrogens with two attached hydrogens (primary N) is 1. The van der Waals surface area contributed by atoms with Crippen LogP contribution in [0, 0.1) is 0 Å². The SMILES string of the molecule is Nc1nc2n(n1)CCC(c1ccccc1C(F)(F)F)C2. The molecule has 0 bridgehead atoms. The highest BCUT2D eigenvalue weighted by molar-refractivity contribution is 5.34. The van der Waals surface area contributed by atoms with Crippen molar-refractivity contribution in [2.75, 3.05) is 5.73 Å². The molecule has 20 heavy (non-hydrogen) atoms. The zero-order chi connectivity index (χ0) is 14.3. The van der Waals surface area contributed by atoms with Crippen LogP contribution in [0.1, 0.15) is 29.3 Å². The van der Waals surface area contributed by atoms with Crippen LogP contribution in [-0.2, 0) is 19.1 Å². The summed E-state index contributed by atoms with van der Waals surface area (Å²) in [4.78, 5) is 4.07. The Labute approximate surface area is 113 Å². The van der Waals surface area contributed by atoms with Gasteiger partial charge in [0.25, 0.3) is 0 Å². The average molecular weight is 282 g/mol. The summed E-state index contributed by atoms with van der Waals surface area (Å²) in [7, 11) is 0. The van der Waals surface area contributed by atoms with Gasteiger partial charge in [-0.05, 0) is 24.0 Å². The molecule has 1 unspecified atom stereocenters. The number of rotatable bonds is 1. The van der Waals surface area contributed by atoms with E-state index in [-0.39, 0.29) is 11.9 Å². The first kappa shape index (κ1) is 13.0. The first-order valence-corrected chi connectivity index (χ1v) is 6.30. The van der Waals surface area contributed by atoms with E-state index in [1.54, 1.807) is 16.8 Å². The van der Waals surface area contributed by atoms with Crippen molar-refractivity contribution in [3.05, 3.63) is 41.2 Å². The fourth-order valence-electron chi connectivity index (χ4n) is 2.70. The van der Waals surface area contributed by atoms with Crippen LogP contribution < -0.4 is 5.73 Å². The van der Waals surface area contributed by atoms with Crippen LogP contribution in [-0.4, -0.2) is 14.8 Å². The molecular weight excluding hydrogens is 269 g/mol. The van der Waals surface area contributed by atoms with Crippen LogP contribution in [0.3, 0.4) is 0 Å². The lowest BCUT2D eigenvalue weighted by Gasteiger charge is -2.25. The van der Waals surface area contributed by atoms with Crippen molar-refractivity contribution >= 4 is 5.95 Å². The number of nitrogens with zero attached hydrogens (tertiary/aromatic N) is 3. The van der Waals surface area contributed by atoms with Gasteiger partial charge in [-0.25, -0.2) is 4.68 Å². The van der Waals surface area contributed by atoms with E-state index in [9.17, 15) is 13.2 Å². The van der Waals surface area contributed by atoms with Crippen LogP contribution in [0.15, 0.2) is 24.3 Å². The van der Waals surface area contributed by atoms with Crippen molar-refractivity contribution in [1.82, 2.24) is 14.8 Å². The Morgan fingerprint density at radius 2 is 2.00 bits per heavy atom. The van der Waals surface area contributed by atoms with Crippen LogP contribution >= 0.6 is 0 Å². The molecule has 4 nitrogen and oxygen atoms in total. The third-order valence-corrected chi connectivity index (χ3v) is 3.59. The Balaban J connectivity index is 1.96. The summed E-state index contributed by atoms with van der Waals surface area (Å²) in [5.74, 6) is 0.615. The lowest BCUT2D eigenvalue weighted by Crippen LogP contribution is -2.21. The molecule has 0 amide bonds. The van der Waals surface area contributed by atoms with E-state index in [1.165, 1.54) is 6.07 Å². The van der Waals surface area contributed by atoms with Crippen molar-refractivity contribution in [2.45, 2.75) is 31.5 Å². The van der Waals surface area contributed by atoms with Gasteiger partial charge in [0.05, 0.1) is 5.56 Å². The number of nitrogen functional groups attached to an aromatic ring is 1. The van der Waals surface area contributed by atoms with E-state index in [0.29, 0.717) is 30.8 Å². The molecule has 0 saturated carbocycles. The van der Waals surface area contributed by atoms with Gasteiger partial charge >= 0.3 is 6.18 Å². The first-order chi connectivity index (χ1) is 9.45. The summed E-state index contributed by atoms with van der Waals surface area (Å²) < 4.78 is 40.8. The molecule has 1 aromatic carbocycles. The lowest BCUT2D eigenvalue weighted by atomic mass is 9.87. The quantitative estimate of drug-likeness (QED) is 0.874. The van der Waals surface area contributed by atoms with Crippen molar-refractivity contribution in [1.29, 1.82) is 0 Å². The lowest BCUT2D eigenvalue weighted by molar-refractivity contribution is -0.138. The molecule has 1 atom stereocenters. The molecule has 3 rings (SSSR count). The Hall–Kier alpha value is -2.05. The van der Waals surface area contributed by atoms with Gasteiger partial charge in [-0.3, -0.25) is 0 Å². The number of anilines is 1. The standard InChI is InChI=1S/C13H13F3N4/c14-13(15,16)10-4-2-1-3-9(10)8-5-6-20-11(7-8)18-12(17)19-20/h1-4,8H,5-7H2,(H2,17,19). The molecule has 7 heteroatoms. The minimum absolute atomic E-state index is 0.171. The normalized spacial score (nSPS) is 18.9. The van der Waals surface area contributed by atoms with Gasteiger partial charge in [-0.15, -0.1) is 5.10 Å². The molecule has 0 saturated heterocycles. The number of hydrogen-bond donors (Lipinski definition) is 1. The van der Waals surface area contributed by atoms with Gasteiger partial charge in [0, 0.05) is 13.0 Å². The van der Waals surface area contributed by atoms with Gasteiger partial charge in [0.2, 0.25) is 5.95 Å². The largest absolute Gasteiger partial charge is 0.416 e. The van der Waals surface area contributed by atoms with Crippen molar-refractivity contribution in [2.24, 2.45) is 0 Å². The highest BCUT2D eigenvalue weighted by atomic mass is 19.4. The maximum absolute atomic E-state index is 13.1. The number of hydrogen-bond acceptors (Lipinski definition) is 3. The molecule has 2 N–H and O–H groups in total. The summed E-state index contributed by atoms with van der Waals surface area (Å²) in [6, 6.07) is 5.72. The zero-order valence-corrected chi connectivity index (χ0v) is 10.6.